The largest absolute Gasteiger partial charge is 0.368 e. The summed E-state index contributed by atoms with van der Waals surface area (Å²) in [6, 6.07) is 11.5. The van der Waals surface area contributed by atoms with E-state index in [0.29, 0.717) is 43.5 Å². The smallest absolute Gasteiger partial charge is 0.225 e. The Bertz CT molecular complexity index is 959. The molecule has 0 bridgehead atoms. The van der Waals surface area contributed by atoms with Gasteiger partial charge in [-0.25, -0.2) is 14.4 Å². The topological polar surface area (TPSA) is 87.1 Å². The summed E-state index contributed by atoms with van der Waals surface area (Å²) in [6.07, 6.45) is 3.82. The Kier molecular flexibility index (Phi) is 6.07. The van der Waals surface area contributed by atoms with Gasteiger partial charge in [0.1, 0.15) is 11.6 Å². The van der Waals surface area contributed by atoms with Gasteiger partial charge >= 0.3 is 0 Å². The van der Waals surface area contributed by atoms with Crippen molar-refractivity contribution < 1.29 is 9.18 Å². The summed E-state index contributed by atoms with van der Waals surface area (Å²) in [5.41, 5.74) is 1.46. The molecule has 2 aromatic heterocycles. The molecule has 1 saturated heterocycles. The Morgan fingerprint density at radius 1 is 0.967 bits per heavy atom. The highest BCUT2D eigenvalue weighted by atomic mass is 19.1. The van der Waals surface area contributed by atoms with Gasteiger partial charge in [0, 0.05) is 57.1 Å². The van der Waals surface area contributed by atoms with Crippen molar-refractivity contribution in [2.24, 2.45) is 0 Å². The molecular weight excluding hydrogens is 385 g/mol. The molecule has 0 saturated carbocycles. The Morgan fingerprint density at radius 3 is 2.37 bits per heavy atom. The molecule has 1 aliphatic rings. The molecule has 1 amide bonds. The number of rotatable bonds is 6. The SMILES string of the molecule is O=C(CCNc1ccc(-c2ccc(F)cc2)nn1)N1CCN(c2ncccn2)CC1. The molecule has 0 unspecified atom stereocenters. The summed E-state index contributed by atoms with van der Waals surface area (Å²) in [4.78, 5) is 24.9. The third kappa shape index (κ3) is 4.86. The molecule has 3 aromatic rings. The monoisotopic (exact) mass is 407 g/mol. The molecule has 30 heavy (non-hydrogen) atoms. The summed E-state index contributed by atoms with van der Waals surface area (Å²) in [6.45, 7) is 3.23. The van der Waals surface area contributed by atoms with Crippen molar-refractivity contribution in [1.29, 1.82) is 0 Å². The second-order valence-corrected chi connectivity index (χ2v) is 6.90. The van der Waals surface area contributed by atoms with E-state index in [0.717, 1.165) is 18.7 Å². The average molecular weight is 407 g/mol. The van der Waals surface area contributed by atoms with Gasteiger partial charge in [0.25, 0.3) is 0 Å². The molecule has 3 heterocycles. The molecule has 0 aliphatic carbocycles. The maximum Gasteiger partial charge on any atom is 0.225 e. The van der Waals surface area contributed by atoms with Crippen LogP contribution in [0.15, 0.2) is 54.9 Å². The second kappa shape index (κ2) is 9.25. The van der Waals surface area contributed by atoms with E-state index < -0.39 is 0 Å². The van der Waals surface area contributed by atoms with Crippen LogP contribution in [-0.2, 0) is 4.79 Å². The van der Waals surface area contributed by atoms with Crippen molar-refractivity contribution in [3.05, 3.63) is 60.7 Å². The Morgan fingerprint density at radius 2 is 1.70 bits per heavy atom. The van der Waals surface area contributed by atoms with E-state index in [-0.39, 0.29) is 11.7 Å². The van der Waals surface area contributed by atoms with Gasteiger partial charge in [-0.1, -0.05) is 0 Å². The molecular formula is C21H22FN7O. The summed E-state index contributed by atoms with van der Waals surface area (Å²) in [5, 5.41) is 11.4. The fourth-order valence-corrected chi connectivity index (χ4v) is 3.27. The molecule has 8 nitrogen and oxygen atoms in total. The van der Waals surface area contributed by atoms with Crippen molar-refractivity contribution in [3.8, 4) is 11.3 Å². The maximum atomic E-state index is 13.0. The first-order valence-corrected chi connectivity index (χ1v) is 9.82. The van der Waals surface area contributed by atoms with Gasteiger partial charge in [-0.15, -0.1) is 10.2 Å². The highest BCUT2D eigenvalue weighted by Crippen LogP contribution is 2.17. The first kappa shape index (κ1) is 19.7. The summed E-state index contributed by atoms with van der Waals surface area (Å²) >= 11 is 0. The van der Waals surface area contributed by atoms with Crippen molar-refractivity contribution >= 4 is 17.7 Å². The lowest BCUT2D eigenvalue weighted by Crippen LogP contribution is -2.49. The third-order valence-electron chi connectivity index (χ3n) is 4.92. The molecule has 154 valence electrons. The van der Waals surface area contributed by atoms with Crippen molar-refractivity contribution in [2.45, 2.75) is 6.42 Å². The predicted octanol–water partition coefficient (Wildman–Crippen LogP) is 2.22. The highest BCUT2D eigenvalue weighted by Gasteiger charge is 2.22. The normalized spacial score (nSPS) is 13.9. The zero-order valence-electron chi connectivity index (χ0n) is 16.4. The van der Waals surface area contributed by atoms with Gasteiger partial charge in [0.2, 0.25) is 11.9 Å². The third-order valence-corrected chi connectivity index (χ3v) is 4.92. The van der Waals surface area contributed by atoms with Crippen LogP contribution in [-0.4, -0.2) is 63.7 Å². The first-order valence-electron chi connectivity index (χ1n) is 9.82. The highest BCUT2D eigenvalue weighted by molar-refractivity contribution is 5.77. The van der Waals surface area contributed by atoms with Crippen LogP contribution in [0.3, 0.4) is 0 Å². The lowest BCUT2D eigenvalue weighted by molar-refractivity contribution is -0.131. The molecule has 0 atom stereocenters. The number of piperazine rings is 1. The van der Waals surface area contributed by atoms with Crippen LogP contribution in [0.2, 0.25) is 0 Å². The maximum absolute atomic E-state index is 13.0. The van der Waals surface area contributed by atoms with E-state index in [4.69, 9.17) is 0 Å². The van der Waals surface area contributed by atoms with Crippen molar-refractivity contribution in [3.63, 3.8) is 0 Å². The number of carbonyl (C=O) groups is 1. The molecule has 4 rings (SSSR count). The van der Waals surface area contributed by atoms with Crippen LogP contribution >= 0.6 is 0 Å². The van der Waals surface area contributed by atoms with E-state index in [1.807, 2.05) is 11.0 Å². The van der Waals surface area contributed by atoms with Crippen molar-refractivity contribution in [2.75, 3.05) is 42.9 Å². The minimum atomic E-state index is -0.288. The average Bonchev–Trinajstić information content (AvgIpc) is 2.81. The Labute approximate surface area is 173 Å². The van der Waals surface area contributed by atoms with Crippen LogP contribution in [0.4, 0.5) is 16.2 Å². The molecule has 0 spiro atoms. The lowest BCUT2D eigenvalue weighted by atomic mass is 10.1. The van der Waals surface area contributed by atoms with Gasteiger partial charge in [-0.2, -0.15) is 0 Å². The van der Waals surface area contributed by atoms with Crippen molar-refractivity contribution in [1.82, 2.24) is 25.1 Å². The number of aromatic nitrogens is 4. The molecule has 9 heteroatoms. The first-order chi connectivity index (χ1) is 14.7. The Hall–Kier alpha value is -3.62. The predicted molar refractivity (Wildman–Crippen MR) is 111 cm³/mol. The van der Waals surface area contributed by atoms with E-state index in [2.05, 4.69) is 30.4 Å². The number of anilines is 2. The molecule has 1 fully saturated rings. The summed E-state index contributed by atoms with van der Waals surface area (Å²) in [5.74, 6) is 1.12. The Balaban J connectivity index is 1.22. The fraction of sp³-hybridized carbons (Fsp3) is 0.286. The van der Waals surface area contributed by atoms with Crippen LogP contribution in [0, 0.1) is 5.82 Å². The number of hydrogen-bond acceptors (Lipinski definition) is 7. The summed E-state index contributed by atoms with van der Waals surface area (Å²) in [7, 11) is 0. The fourth-order valence-electron chi connectivity index (χ4n) is 3.27. The molecule has 1 aromatic carbocycles. The van der Waals surface area contributed by atoms with Gasteiger partial charge in [-0.05, 0) is 42.5 Å². The van der Waals surface area contributed by atoms with Crippen LogP contribution < -0.4 is 10.2 Å². The van der Waals surface area contributed by atoms with E-state index in [1.165, 1.54) is 12.1 Å². The number of amides is 1. The minimum Gasteiger partial charge on any atom is -0.368 e. The van der Waals surface area contributed by atoms with E-state index >= 15 is 0 Å². The number of halogens is 1. The summed E-state index contributed by atoms with van der Waals surface area (Å²) < 4.78 is 13.0. The lowest BCUT2D eigenvalue weighted by Gasteiger charge is -2.34. The van der Waals surface area contributed by atoms with E-state index in [1.54, 1.807) is 36.7 Å². The number of nitrogens with zero attached hydrogens (tertiary/aromatic N) is 6. The van der Waals surface area contributed by atoms with E-state index in [9.17, 15) is 9.18 Å². The zero-order valence-corrected chi connectivity index (χ0v) is 16.4. The standard InChI is InChI=1S/C21H22FN7O/c22-17-4-2-16(3-5-17)18-6-7-19(27-26-18)23-11-8-20(30)28-12-14-29(15-13-28)21-24-9-1-10-25-21/h1-7,9-10H,8,11-15H2,(H,23,27). The molecule has 1 aliphatic heterocycles. The molecule has 0 radical (unpaired) electrons. The second-order valence-electron chi connectivity index (χ2n) is 6.90. The van der Waals surface area contributed by atoms with Crippen LogP contribution in [0.25, 0.3) is 11.3 Å². The number of benzene rings is 1. The molecule has 1 N–H and O–H groups in total. The van der Waals surface area contributed by atoms with Gasteiger partial charge in [0.05, 0.1) is 5.69 Å². The number of hydrogen-bond donors (Lipinski definition) is 1. The van der Waals surface area contributed by atoms with Crippen LogP contribution in [0.1, 0.15) is 6.42 Å². The zero-order chi connectivity index (χ0) is 20.8. The minimum absolute atomic E-state index is 0.104. The van der Waals surface area contributed by atoms with Gasteiger partial charge in [-0.3, -0.25) is 4.79 Å². The quantitative estimate of drug-likeness (QED) is 0.670. The van der Waals surface area contributed by atoms with Gasteiger partial charge < -0.3 is 15.1 Å². The van der Waals surface area contributed by atoms with Crippen LogP contribution in [0.5, 0.6) is 0 Å². The number of nitrogens with one attached hydrogen (secondary N) is 1. The van der Waals surface area contributed by atoms with Gasteiger partial charge in [0.15, 0.2) is 0 Å². The number of carbonyl (C=O) groups excluding carboxylic acids is 1.